The molecule has 5 nitrogen and oxygen atoms in total. The van der Waals surface area contributed by atoms with Gasteiger partial charge in [0.1, 0.15) is 0 Å². The number of nitrogens with zero attached hydrogens (tertiary/aromatic N) is 1. The van der Waals surface area contributed by atoms with Crippen LogP contribution >= 0.6 is 0 Å². The minimum absolute atomic E-state index is 0.0302. The van der Waals surface area contributed by atoms with Crippen LogP contribution in [0.1, 0.15) is 53.9 Å². The van der Waals surface area contributed by atoms with E-state index in [1.807, 2.05) is 31.2 Å². The van der Waals surface area contributed by atoms with Gasteiger partial charge in [-0.3, -0.25) is 9.69 Å². The molecule has 0 bridgehead atoms. The Morgan fingerprint density at radius 1 is 1.13 bits per heavy atom. The summed E-state index contributed by atoms with van der Waals surface area (Å²) in [7, 11) is 3.33. The molecule has 1 aliphatic rings. The van der Waals surface area contributed by atoms with Crippen LogP contribution in [-0.4, -0.2) is 44.2 Å². The highest BCUT2D eigenvalue weighted by Crippen LogP contribution is 2.40. The van der Waals surface area contributed by atoms with E-state index >= 15 is 0 Å². The van der Waals surface area contributed by atoms with E-state index in [4.69, 9.17) is 9.47 Å². The molecule has 1 amide bonds. The molecule has 3 rings (SSSR count). The van der Waals surface area contributed by atoms with Crippen LogP contribution in [0.2, 0.25) is 0 Å². The molecule has 1 aliphatic heterocycles. The van der Waals surface area contributed by atoms with Crippen molar-refractivity contribution in [3.8, 4) is 11.5 Å². The van der Waals surface area contributed by atoms with Crippen molar-refractivity contribution < 1.29 is 14.3 Å². The fourth-order valence-corrected chi connectivity index (χ4v) is 4.35. The molecule has 162 valence electrons. The van der Waals surface area contributed by atoms with Crippen LogP contribution < -0.4 is 14.8 Å². The number of benzene rings is 2. The van der Waals surface area contributed by atoms with E-state index in [0.717, 1.165) is 36.6 Å². The topological polar surface area (TPSA) is 50.8 Å². The zero-order valence-corrected chi connectivity index (χ0v) is 19.0. The van der Waals surface area contributed by atoms with E-state index in [9.17, 15) is 4.79 Å². The number of methoxy groups -OCH3 is 2. The van der Waals surface area contributed by atoms with Crippen molar-refractivity contribution in [1.29, 1.82) is 0 Å². The molecule has 0 spiro atoms. The van der Waals surface area contributed by atoms with Crippen LogP contribution in [0.5, 0.6) is 11.5 Å². The zero-order chi connectivity index (χ0) is 21.8. The summed E-state index contributed by atoms with van der Waals surface area (Å²) in [6, 6.07) is 12.0. The molecule has 0 saturated carbocycles. The standard InChI is InChI=1S/C25H34N2O3/c1-7-27-13-12-19-14-21(29-5)22(30-6)15-20(19)24(27)23(16(2)3)26-25(28)18-10-8-17(4)9-11-18/h8-11,14-16,23-24H,7,12-13H2,1-6H3,(H,26,28)/t23-,24-/m0/s1. The monoisotopic (exact) mass is 410 g/mol. The minimum atomic E-state index is -0.0316. The lowest BCUT2D eigenvalue weighted by Crippen LogP contribution is -2.51. The van der Waals surface area contributed by atoms with E-state index in [-0.39, 0.29) is 23.9 Å². The number of aryl methyl sites for hydroxylation is 1. The molecule has 0 aromatic heterocycles. The van der Waals surface area contributed by atoms with Crippen molar-refractivity contribution in [2.24, 2.45) is 5.92 Å². The van der Waals surface area contributed by atoms with Gasteiger partial charge in [0.2, 0.25) is 0 Å². The van der Waals surface area contributed by atoms with Crippen LogP contribution in [0.3, 0.4) is 0 Å². The fourth-order valence-electron chi connectivity index (χ4n) is 4.35. The van der Waals surface area contributed by atoms with Crippen molar-refractivity contribution in [2.45, 2.75) is 46.2 Å². The Labute approximate surface area is 180 Å². The van der Waals surface area contributed by atoms with Gasteiger partial charge in [-0.1, -0.05) is 38.5 Å². The average molecular weight is 411 g/mol. The predicted molar refractivity (Wildman–Crippen MR) is 121 cm³/mol. The summed E-state index contributed by atoms with van der Waals surface area (Å²) in [6.45, 7) is 10.4. The van der Waals surface area contributed by atoms with Gasteiger partial charge in [-0.25, -0.2) is 0 Å². The molecule has 0 radical (unpaired) electrons. The van der Waals surface area contributed by atoms with Gasteiger partial charge in [-0.15, -0.1) is 0 Å². The lowest BCUT2D eigenvalue weighted by atomic mass is 9.83. The maximum absolute atomic E-state index is 13.1. The molecule has 1 heterocycles. The van der Waals surface area contributed by atoms with Crippen LogP contribution in [-0.2, 0) is 6.42 Å². The third kappa shape index (κ3) is 4.46. The average Bonchev–Trinajstić information content (AvgIpc) is 2.75. The third-order valence-corrected chi connectivity index (χ3v) is 6.10. The van der Waals surface area contributed by atoms with Gasteiger partial charge in [-0.2, -0.15) is 0 Å². The Hall–Kier alpha value is -2.53. The highest BCUT2D eigenvalue weighted by atomic mass is 16.5. The Balaban J connectivity index is 2.00. The van der Waals surface area contributed by atoms with Crippen molar-refractivity contribution in [2.75, 3.05) is 27.3 Å². The molecule has 0 fully saturated rings. The van der Waals surface area contributed by atoms with Crippen LogP contribution in [0.15, 0.2) is 36.4 Å². The quantitative estimate of drug-likeness (QED) is 0.736. The summed E-state index contributed by atoms with van der Waals surface area (Å²) in [4.78, 5) is 15.5. The second-order valence-electron chi connectivity index (χ2n) is 8.34. The largest absolute Gasteiger partial charge is 0.493 e. The van der Waals surface area contributed by atoms with Gasteiger partial charge in [0, 0.05) is 12.1 Å². The number of carbonyl (C=O) groups is 1. The first kappa shape index (κ1) is 22.2. The van der Waals surface area contributed by atoms with Crippen molar-refractivity contribution in [3.05, 3.63) is 58.7 Å². The number of carbonyl (C=O) groups excluding carboxylic acids is 1. The lowest BCUT2D eigenvalue weighted by molar-refractivity contribution is 0.0834. The number of hydrogen-bond acceptors (Lipinski definition) is 4. The lowest BCUT2D eigenvalue weighted by Gasteiger charge is -2.43. The summed E-state index contributed by atoms with van der Waals surface area (Å²) in [5, 5.41) is 3.34. The predicted octanol–water partition coefficient (Wildman–Crippen LogP) is 4.39. The number of hydrogen-bond donors (Lipinski definition) is 1. The Kier molecular flexibility index (Phi) is 7.03. The molecule has 0 aliphatic carbocycles. The van der Waals surface area contributed by atoms with Crippen molar-refractivity contribution >= 4 is 5.91 Å². The van der Waals surface area contributed by atoms with Crippen LogP contribution in [0, 0.1) is 12.8 Å². The molecule has 1 N–H and O–H groups in total. The SMILES string of the molecule is CCN1CCc2cc(OC)c(OC)cc2[C@H]1[C@@H](NC(=O)c1ccc(C)cc1)C(C)C. The first-order chi connectivity index (χ1) is 14.4. The Morgan fingerprint density at radius 2 is 1.77 bits per heavy atom. The van der Waals surface area contributed by atoms with Gasteiger partial charge in [0.25, 0.3) is 5.91 Å². The van der Waals surface area contributed by atoms with E-state index in [1.165, 1.54) is 11.1 Å². The van der Waals surface area contributed by atoms with Gasteiger partial charge < -0.3 is 14.8 Å². The number of ether oxygens (including phenoxy) is 2. The van der Waals surface area contributed by atoms with E-state index in [2.05, 4.69) is 43.1 Å². The molecule has 0 saturated heterocycles. The highest BCUT2D eigenvalue weighted by molar-refractivity contribution is 5.94. The van der Waals surface area contributed by atoms with Gasteiger partial charge >= 0.3 is 0 Å². The zero-order valence-electron chi connectivity index (χ0n) is 19.0. The molecule has 2 aromatic rings. The van der Waals surface area contributed by atoms with E-state index in [0.29, 0.717) is 5.56 Å². The smallest absolute Gasteiger partial charge is 0.251 e. The summed E-state index contributed by atoms with van der Waals surface area (Å²) < 4.78 is 11.1. The van der Waals surface area contributed by atoms with Crippen molar-refractivity contribution in [3.63, 3.8) is 0 Å². The Bertz CT molecular complexity index is 877. The van der Waals surface area contributed by atoms with E-state index < -0.39 is 0 Å². The number of nitrogens with one attached hydrogen (secondary N) is 1. The second-order valence-corrected chi connectivity index (χ2v) is 8.34. The highest BCUT2D eigenvalue weighted by Gasteiger charge is 2.36. The van der Waals surface area contributed by atoms with Crippen LogP contribution in [0.25, 0.3) is 0 Å². The van der Waals surface area contributed by atoms with E-state index in [1.54, 1.807) is 14.2 Å². The summed E-state index contributed by atoms with van der Waals surface area (Å²) >= 11 is 0. The minimum Gasteiger partial charge on any atom is -0.493 e. The molecular formula is C25H34N2O3. The Morgan fingerprint density at radius 3 is 2.33 bits per heavy atom. The molecule has 5 heteroatoms. The maximum atomic E-state index is 13.1. The summed E-state index contributed by atoms with van der Waals surface area (Å²) in [5.41, 5.74) is 4.31. The molecule has 0 unspecified atom stereocenters. The van der Waals surface area contributed by atoms with Gasteiger partial charge in [0.15, 0.2) is 11.5 Å². The van der Waals surface area contributed by atoms with Crippen molar-refractivity contribution in [1.82, 2.24) is 10.2 Å². The number of rotatable bonds is 7. The molecule has 2 aromatic carbocycles. The number of fused-ring (bicyclic) bond motifs is 1. The number of amides is 1. The fraction of sp³-hybridized carbons (Fsp3) is 0.480. The normalized spacial score (nSPS) is 17.4. The first-order valence-corrected chi connectivity index (χ1v) is 10.8. The van der Waals surface area contributed by atoms with Crippen LogP contribution in [0.4, 0.5) is 0 Å². The molecule has 2 atom stereocenters. The summed E-state index contributed by atoms with van der Waals surface area (Å²) in [5.74, 6) is 1.71. The molecule has 30 heavy (non-hydrogen) atoms. The summed E-state index contributed by atoms with van der Waals surface area (Å²) in [6.07, 6.45) is 0.955. The third-order valence-electron chi connectivity index (χ3n) is 6.10. The van der Waals surface area contributed by atoms with Gasteiger partial charge in [0.05, 0.1) is 26.3 Å². The molecular weight excluding hydrogens is 376 g/mol. The first-order valence-electron chi connectivity index (χ1n) is 10.8. The number of likely N-dealkylation sites (N-methyl/N-ethyl adjacent to an activating group) is 1. The van der Waals surface area contributed by atoms with Gasteiger partial charge in [-0.05, 0) is 61.2 Å². The maximum Gasteiger partial charge on any atom is 0.251 e. The second kappa shape index (κ2) is 9.52.